The Bertz CT molecular complexity index is 584. The highest BCUT2D eigenvalue weighted by Crippen LogP contribution is 2.27. The molecule has 0 aromatic carbocycles. The number of piperidine rings is 2. The highest BCUT2D eigenvalue weighted by atomic mass is 32.2. The second-order valence-electron chi connectivity index (χ2n) is 7.46. The lowest BCUT2D eigenvalue weighted by molar-refractivity contribution is -0.143. The Morgan fingerprint density at radius 1 is 1.08 bits per heavy atom. The predicted octanol–water partition coefficient (Wildman–Crippen LogP) is 2.07. The minimum atomic E-state index is -3.21. The van der Waals surface area contributed by atoms with Crippen molar-refractivity contribution in [2.75, 3.05) is 25.4 Å². The highest BCUT2D eigenvalue weighted by Gasteiger charge is 2.35. The quantitative estimate of drug-likeness (QED) is 0.687. The first-order valence-electron chi connectivity index (χ1n) is 9.85. The summed E-state index contributed by atoms with van der Waals surface area (Å²) in [5.74, 6) is -0.691. The van der Waals surface area contributed by atoms with Crippen molar-refractivity contribution in [3.63, 3.8) is 0 Å². The first-order valence-corrected chi connectivity index (χ1v) is 11.5. The van der Waals surface area contributed by atoms with E-state index in [1.165, 1.54) is 4.31 Å². The summed E-state index contributed by atoms with van der Waals surface area (Å²) in [6.07, 6.45) is 6.08. The third kappa shape index (κ3) is 5.67. The maximum Gasteiger partial charge on any atom is 0.303 e. The predicted molar refractivity (Wildman–Crippen MR) is 99.2 cm³/mol. The molecule has 0 saturated carbocycles. The number of nitrogens with zero attached hydrogens (tertiary/aromatic N) is 2. The second kappa shape index (κ2) is 9.69. The fourth-order valence-corrected chi connectivity index (χ4v) is 5.63. The van der Waals surface area contributed by atoms with Gasteiger partial charge in [-0.05, 0) is 44.9 Å². The largest absolute Gasteiger partial charge is 0.481 e. The number of carbonyl (C=O) groups is 2. The molecule has 150 valence electrons. The second-order valence-corrected chi connectivity index (χ2v) is 9.55. The van der Waals surface area contributed by atoms with E-state index in [2.05, 4.69) is 0 Å². The molecule has 2 fully saturated rings. The van der Waals surface area contributed by atoms with Gasteiger partial charge in [-0.25, -0.2) is 12.7 Å². The molecule has 0 bridgehead atoms. The number of aliphatic carboxylic acids is 1. The molecule has 1 unspecified atom stereocenters. The zero-order valence-corrected chi connectivity index (χ0v) is 16.5. The summed E-state index contributed by atoms with van der Waals surface area (Å²) in [5, 5.41) is 8.92. The molecule has 0 radical (unpaired) electrons. The van der Waals surface area contributed by atoms with Gasteiger partial charge in [-0.1, -0.05) is 13.3 Å². The Kier molecular flexibility index (Phi) is 7.88. The summed E-state index contributed by atoms with van der Waals surface area (Å²) in [6.45, 7) is 3.49. The number of hydrogen-bond donors (Lipinski definition) is 1. The Morgan fingerprint density at radius 3 is 2.38 bits per heavy atom. The molecule has 2 saturated heterocycles. The van der Waals surface area contributed by atoms with Crippen molar-refractivity contribution in [3.05, 3.63) is 0 Å². The molecule has 2 aliphatic heterocycles. The number of unbranched alkanes of at least 4 members (excludes halogenated alkanes) is 1. The number of likely N-dealkylation sites (tertiary alicyclic amines) is 1. The molecule has 0 spiro atoms. The van der Waals surface area contributed by atoms with E-state index in [0.29, 0.717) is 45.3 Å². The van der Waals surface area contributed by atoms with Crippen molar-refractivity contribution in [2.24, 2.45) is 5.92 Å². The van der Waals surface area contributed by atoms with E-state index in [1.54, 1.807) is 0 Å². The molecule has 2 heterocycles. The lowest BCUT2D eigenvalue weighted by Crippen LogP contribution is -2.49. The average Bonchev–Trinajstić information content (AvgIpc) is 2.64. The Labute approximate surface area is 156 Å². The molecule has 2 rings (SSSR count). The first-order chi connectivity index (χ1) is 12.3. The van der Waals surface area contributed by atoms with Crippen LogP contribution in [0.3, 0.4) is 0 Å². The number of amides is 1. The maximum absolute atomic E-state index is 12.9. The number of carbonyl (C=O) groups excluding carboxylic acids is 1. The first kappa shape index (κ1) is 21.2. The molecule has 0 aromatic heterocycles. The van der Waals surface area contributed by atoms with E-state index >= 15 is 0 Å². The molecule has 1 atom stereocenters. The fraction of sp³-hybridized carbons (Fsp3) is 0.889. The number of sulfonamides is 1. The molecule has 2 aliphatic rings. The SMILES string of the molecule is CCCCS(=O)(=O)N1CCC(C(=O)N2CCCCC2CCC(=O)O)CC1. The standard InChI is InChI=1S/C18H32N2O5S/c1-2-3-14-26(24,25)19-12-9-15(10-13-19)18(23)20-11-5-4-6-16(20)7-8-17(21)22/h15-16H,2-14H2,1H3,(H,21,22). The van der Waals surface area contributed by atoms with Crippen LogP contribution >= 0.6 is 0 Å². The molecule has 0 aromatic rings. The van der Waals surface area contributed by atoms with Crippen molar-refractivity contribution >= 4 is 21.9 Å². The Hall–Kier alpha value is -1.15. The van der Waals surface area contributed by atoms with Crippen molar-refractivity contribution in [1.82, 2.24) is 9.21 Å². The Balaban J connectivity index is 1.90. The molecule has 8 heteroatoms. The zero-order chi connectivity index (χ0) is 19.2. The minimum absolute atomic E-state index is 0.0127. The Morgan fingerprint density at radius 2 is 1.77 bits per heavy atom. The van der Waals surface area contributed by atoms with Crippen LogP contribution in [-0.4, -0.2) is 66.0 Å². The smallest absolute Gasteiger partial charge is 0.303 e. The van der Waals surface area contributed by atoms with Gasteiger partial charge in [0.2, 0.25) is 15.9 Å². The van der Waals surface area contributed by atoms with Gasteiger partial charge >= 0.3 is 5.97 Å². The van der Waals surface area contributed by atoms with Crippen molar-refractivity contribution in [3.8, 4) is 0 Å². The molecule has 1 amide bonds. The molecular weight excluding hydrogens is 356 g/mol. The van der Waals surface area contributed by atoms with E-state index in [9.17, 15) is 18.0 Å². The van der Waals surface area contributed by atoms with E-state index < -0.39 is 16.0 Å². The van der Waals surface area contributed by atoms with Gasteiger partial charge in [0.15, 0.2) is 0 Å². The van der Waals surface area contributed by atoms with Gasteiger partial charge in [0.1, 0.15) is 0 Å². The van der Waals surface area contributed by atoms with Crippen LogP contribution in [0.2, 0.25) is 0 Å². The maximum atomic E-state index is 12.9. The average molecular weight is 389 g/mol. The normalized spacial score (nSPS) is 23.1. The number of carboxylic acid groups (broad SMARTS) is 1. The summed E-state index contributed by atoms with van der Waals surface area (Å²) in [7, 11) is -3.21. The molecule has 0 aliphatic carbocycles. The van der Waals surface area contributed by atoms with Gasteiger partial charge < -0.3 is 10.0 Å². The fourth-order valence-electron chi connectivity index (χ4n) is 3.95. The minimum Gasteiger partial charge on any atom is -0.481 e. The van der Waals surface area contributed by atoms with Crippen LogP contribution in [-0.2, 0) is 19.6 Å². The van der Waals surface area contributed by atoms with E-state index in [-0.39, 0.29) is 30.0 Å². The number of rotatable bonds is 8. The van der Waals surface area contributed by atoms with E-state index in [4.69, 9.17) is 5.11 Å². The summed E-state index contributed by atoms with van der Waals surface area (Å²) in [4.78, 5) is 25.7. The lowest BCUT2D eigenvalue weighted by atomic mass is 9.92. The number of carboxylic acids is 1. The van der Waals surface area contributed by atoms with Crippen LogP contribution in [0.15, 0.2) is 0 Å². The number of hydrogen-bond acceptors (Lipinski definition) is 4. The monoisotopic (exact) mass is 388 g/mol. The lowest BCUT2D eigenvalue weighted by Gasteiger charge is -2.39. The molecular formula is C18H32N2O5S. The van der Waals surface area contributed by atoms with Gasteiger partial charge in [-0.3, -0.25) is 9.59 Å². The molecule has 26 heavy (non-hydrogen) atoms. The third-order valence-electron chi connectivity index (χ3n) is 5.55. The zero-order valence-electron chi connectivity index (χ0n) is 15.7. The van der Waals surface area contributed by atoms with Gasteiger partial charge in [-0.2, -0.15) is 0 Å². The third-order valence-corrected chi connectivity index (χ3v) is 7.51. The van der Waals surface area contributed by atoms with E-state index in [0.717, 1.165) is 25.7 Å². The van der Waals surface area contributed by atoms with Gasteiger partial charge in [0, 0.05) is 38.0 Å². The topological polar surface area (TPSA) is 95.0 Å². The van der Waals surface area contributed by atoms with Crippen LogP contribution in [0.1, 0.15) is 64.7 Å². The molecule has 1 N–H and O–H groups in total. The summed E-state index contributed by atoms with van der Waals surface area (Å²) >= 11 is 0. The van der Waals surface area contributed by atoms with Crippen LogP contribution in [0.5, 0.6) is 0 Å². The van der Waals surface area contributed by atoms with Crippen LogP contribution in [0.25, 0.3) is 0 Å². The van der Waals surface area contributed by atoms with Crippen LogP contribution in [0.4, 0.5) is 0 Å². The van der Waals surface area contributed by atoms with Crippen LogP contribution in [0, 0.1) is 5.92 Å². The molecule has 7 nitrogen and oxygen atoms in total. The van der Waals surface area contributed by atoms with Gasteiger partial charge in [0.05, 0.1) is 5.75 Å². The summed E-state index contributed by atoms with van der Waals surface area (Å²) in [6, 6.07) is 0.0127. The van der Waals surface area contributed by atoms with Gasteiger partial charge in [-0.15, -0.1) is 0 Å². The van der Waals surface area contributed by atoms with Crippen molar-refractivity contribution in [2.45, 2.75) is 70.8 Å². The van der Waals surface area contributed by atoms with Crippen molar-refractivity contribution < 1.29 is 23.1 Å². The van der Waals surface area contributed by atoms with E-state index in [1.807, 2.05) is 11.8 Å². The van der Waals surface area contributed by atoms with Gasteiger partial charge in [0.25, 0.3) is 0 Å². The summed E-state index contributed by atoms with van der Waals surface area (Å²) < 4.78 is 26.1. The summed E-state index contributed by atoms with van der Waals surface area (Å²) in [5.41, 5.74) is 0. The van der Waals surface area contributed by atoms with Crippen molar-refractivity contribution in [1.29, 1.82) is 0 Å². The van der Waals surface area contributed by atoms with Crippen LogP contribution < -0.4 is 0 Å². The highest BCUT2D eigenvalue weighted by molar-refractivity contribution is 7.89.